The summed E-state index contributed by atoms with van der Waals surface area (Å²) in [5.41, 5.74) is 0.749. The molecule has 0 bridgehead atoms. The molecule has 6 heteroatoms. The maximum absolute atomic E-state index is 12.9. The minimum absolute atomic E-state index is 0.0858. The van der Waals surface area contributed by atoms with Gasteiger partial charge in [0.05, 0.1) is 20.0 Å². The zero-order valence-electron chi connectivity index (χ0n) is 13.3. The van der Waals surface area contributed by atoms with Crippen LogP contribution in [0.25, 0.3) is 0 Å². The lowest BCUT2D eigenvalue weighted by molar-refractivity contribution is -0.141. The predicted molar refractivity (Wildman–Crippen MR) is 81.9 cm³/mol. The summed E-state index contributed by atoms with van der Waals surface area (Å²) in [7, 11) is 5.17. The van der Waals surface area contributed by atoms with Crippen molar-refractivity contribution >= 4 is 11.9 Å². The van der Waals surface area contributed by atoms with Gasteiger partial charge in [0.1, 0.15) is 5.82 Å². The largest absolute Gasteiger partial charge is 0.469 e. The van der Waals surface area contributed by atoms with Crippen LogP contribution in [0.5, 0.6) is 0 Å². The molecule has 0 fully saturated rings. The molecule has 0 saturated heterocycles. The van der Waals surface area contributed by atoms with Gasteiger partial charge in [0.25, 0.3) is 0 Å². The summed E-state index contributed by atoms with van der Waals surface area (Å²) in [6, 6.07) is 5.86. The molecule has 1 rings (SSSR count). The lowest BCUT2D eigenvalue weighted by Gasteiger charge is -2.24. The van der Waals surface area contributed by atoms with Gasteiger partial charge in [-0.3, -0.25) is 9.59 Å². The zero-order chi connectivity index (χ0) is 16.5. The van der Waals surface area contributed by atoms with Crippen molar-refractivity contribution in [1.82, 2.24) is 9.80 Å². The van der Waals surface area contributed by atoms with Gasteiger partial charge in [-0.05, 0) is 31.8 Å². The Bertz CT molecular complexity index is 489. The van der Waals surface area contributed by atoms with Gasteiger partial charge in [0.2, 0.25) is 5.91 Å². The van der Waals surface area contributed by atoms with E-state index in [0.717, 1.165) is 5.56 Å². The van der Waals surface area contributed by atoms with E-state index in [1.54, 1.807) is 17.0 Å². The number of halogens is 1. The monoisotopic (exact) mass is 310 g/mol. The van der Waals surface area contributed by atoms with Crippen LogP contribution >= 0.6 is 0 Å². The van der Waals surface area contributed by atoms with E-state index in [0.29, 0.717) is 19.6 Å². The Morgan fingerprint density at radius 1 is 1.09 bits per heavy atom. The molecule has 1 amide bonds. The second-order valence-electron chi connectivity index (χ2n) is 5.31. The fourth-order valence-electron chi connectivity index (χ4n) is 1.90. The van der Waals surface area contributed by atoms with E-state index in [1.807, 2.05) is 19.0 Å². The van der Waals surface area contributed by atoms with Gasteiger partial charge >= 0.3 is 5.97 Å². The average molecular weight is 310 g/mol. The van der Waals surface area contributed by atoms with Crippen molar-refractivity contribution in [2.75, 3.05) is 40.8 Å². The molecule has 0 unspecified atom stereocenters. The molecule has 1 aromatic rings. The lowest BCUT2D eigenvalue weighted by atomic mass is 10.1. The number of ether oxygens (including phenoxy) is 1. The first-order chi connectivity index (χ1) is 10.4. The number of amides is 1. The van der Waals surface area contributed by atoms with E-state index in [4.69, 9.17) is 0 Å². The molecule has 0 radical (unpaired) electrons. The van der Waals surface area contributed by atoms with Crippen LogP contribution in [0.3, 0.4) is 0 Å². The molecule has 0 spiro atoms. The molecule has 0 heterocycles. The van der Waals surface area contributed by atoms with Crippen LogP contribution in [0, 0.1) is 5.82 Å². The van der Waals surface area contributed by atoms with E-state index >= 15 is 0 Å². The Labute approximate surface area is 130 Å². The summed E-state index contributed by atoms with van der Waals surface area (Å²) >= 11 is 0. The number of carbonyl (C=O) groups excluding carboxylic acids is 2. The third kappa shape index (κ3) is 6.67. The fourth-order valence-corrected chi connectivity index (χ4v) is 1.90. The topological polar surface area (TPSA) is 49.9 Å². The van der Waals surface area contributed by atoms with E-state index in [1.165, 1.54) is 19.2 Å². The zero-order valence-corrected chi connectivity index (χ0v) is 13.3. The van der Waals surface area contributed by atoms with Crippen molar-refractivity contribution in [2.45, 2.75) is 12.8 Å². The van der Waals surface area contributed by atoms with Gasteiger partial charge in [0, 0.05) is 19.6 Å². The molecule has 1 aromatic carbocycles. The smallest absolute Gasteiger partial charge is 0.307 e. The first kappa shape index (κ1) is 18.1. The number of benzene rings is 1. The van der Waals surface area contributed by atoms with E-state index in [9.17, 15) is 14.0 Å². The van der Waals surface area contributed by atoms with Crippen LogP contribution in [0.2, 0.25) is 0 Å². The number of nitrogens with zero attached hydrogens (tertiary/aromatic N) is 2. The van der Waals surface area contributed by atoms with Crippen molar-refractivity contribution in [3.63, 3.8) is 0 Å². The number of esters is 1. The maximum atomic E-state index is 12.9. The van der Waals surface area contributed by atoms with Gasteiger partial charge in [-0.1, -0.05) is 12.1 Å². The van der Waals surface area contributed by atoms with Gasteiger partial charge in [-0.25, -0.2) is 4.39 Å². The highest BCUT2D eigenvalue weighted by Crippen LogP contribution is 2.06. The molecule has 0 aromatic heterocycles. The second kappa shape index (κ2) is 9.15. The predicted octanol–water partition coefficient (Wildman–Crippen LogP) is 1.32. The van der Waals surface area contributed by atoms with E-state index in [2.05, 4.69) is 4.74 Å². The van der Waals surface area contributed by atoms with Crippen LogP contribution < -0.4 is 0 Å². The lowest BCUT2D eigenvalue weighted by Crippen LogP contribution is -2.39. The van der Waals surface area contributed by atoms with Crippen LogP contribution in [-0.2, 0) is 20.7 Å². The fraction of sp³-hybridized carbons (Fsp3) is 0.500. The molecular formula is C16H23FN2O3. The van der Waals surface area contributed by atoms with Gasteiger partial charge in [0.15, 0.2) is 0 Å². The number of hydrogen-bond donors (Lipinski definition) is 0. The molecule has 0 aliphatic carbocycles. The highest BCUT2D eigenvalue weighted by atomic mass is 19.1. The maximum Gasteiger partial charge on any atom is 0.307 e. The normalized spacial score (nSPS) is 10.6. The summed E-state index contributed by atoms with van der Waals surface area (Å²) in [6.07, 6.45) is 0.355. The van der Waals surface area contributed by atoms with Gasteiger partial charge in [-0.15, -0.1) is 0 Å². The van der Waals surface area contributed by atoms with Crippen LogP contribution in [0.4, 0.5) is 4.39 Å². The van der Waals surface area contributed by atoms with Crippen molar-refractivity contribution in [3.8, 4) is 0 Å². The molecule has 0 aliphatic rings. The van der Waals surface area contributed by atoms with Crippen molar-refractivity contribution in [3.05, 3.63) is 35.6 Å². The Hall–Kier alpha value is -1.95. The molecule has 22 heavy (non-hydrogen) atoms. The number of rotatable bonds is 8. The average Bonchev–Trinajstić information content (AvgIpc) is 2.48. The highest BCUT2D eigenvalue weighted by Gasteiger charge is 2.16. The molecule has 5 nitrogen and oxygen atoms in total. The Balaban J connectivity index is 2.64. The van der Waals surface area contributed by atoms with Crippen molar-refractivity contribution in [2.24, 2.45) is 0 Å². The van der Waals surface area contributed by atoms with E-state index < -0.39 is 0 Å². The number of carbonyl (C=O) groups is 2. The van der Waals surface area contributed by atoms with Gasteiger partial charge < -0.3 is 14.5 Å². The first-order valence-electron chi connectivity index (χ1n) is 7.16. The molecule has 0 atom stereocenters. The van der Waals surface area contributed by atoms with Gasteiger partial charge in [-0.2, -0.15) is 0 Å². The summed E-state index contributed by atoms with van der Waals surface area (Å²) in [6.45, 7) is 1.56. The summed E-state index contributed by atoms with van der Waals surface area (Å²) in [5, 5.41) is 0. The molecule has 0 aliphatic heterocycles. The standard InChI is InChI=1S/C16H23FN2O3/c1-18(2)10-11-19(9-8-16(21)22-3)15(20)12-13-4-6-14(17)7-5-13/h4-7H,8-12H2,1-3H3. The summed E-state index contributed by atoms with van der Waals surface area (Å²) in [4.78, 5) is 27.2. The number of methoxy groups -OCH3 is 1. The Kier molecular flexibility index (Phi) is 7.52. The Morgan fingerprint density at radius 2 is 1.73 bits per heavy atom. The number of hydrogen-bond acceptors (Lipinski definition) is 4. The van der Waals surface area contributed by atoms with Crippen LogP contribution in [-0.4, -0.2) is 62.5 Å². The van der Waals surface area contributed by atoms with Crippen molar-refractivity contribution < 1.29 is 18.7 Å². The molecular weight excluding hydrogens is 287 g/mol. The quantitative estimate of drug-likeness (QED) is 0.680. The third-order valence-corrected chi connectivity index (χ3v) is 3.25. The summed E-state index contributed by atoms with van der Waals surface area (Å²) < 4.78 is 17.5. The van der Waals surface area contributed by atoms with Crippen LogP contribution in [0.1, 0.15) is 12.0 Å². The molecule has 0 saturated carbocycles. The second-order valence-corrected chi connectivity index (χ2v) is 5.31. The highest BCUT2D eigenvalue weighted by molar-refractivity contribution is 5.79. The molecule has 0 N–H and O–H groups in total. The first-order valence-corrected chi connectivity index (χ1v) is 7.16. The molecule has 122 valence electrons. The minimum atomic E-state index is -0.343. The summed E-state index contributed by atoms with van der Waals surface area (Å²) in [5.74, 6) is -0.756. The van der Waals surface area contributed by atoms with Crippen LogP contribution in [0.15, 0.2) is 24.3 Å². The SMILES string of the molecule is COC(=O)CCN(CCN(C)C)C(=O)Cc1ccc(F)cc1. The number of likely N-dealkylation sites (N-methyl/N-ethyl adjacent to an activating group) is 1. The minimum Gasteiger partial charge on any atom is -0.469 e. The van der Waals surface area contributed by atoms with E-state index in [-0.39, 0.29) is 30.5 Å². The van der Waals surface area contributed by atoms with Crippen molar-refractivity contribution in [1.29, 1.82) is 0 Å². The Morgan fingerprint density at radius 3 is 2.27 bits per heavy atom. The third-order valence-electron chi connectivity index (χ3n) is 3.25.